The predicted molar refractivity (Wildman–Crippen MR) is 286 cm³/mol. The van der Waals surface area contributed by atoms with Gasteiger partial charge in [-0.3, -0.25) is 0 Å². The summed E-state index contributed by atoms with van der Waals surface area (Å²) >= 11 is 1.90. The molecular weight excluding hydrogens is 816 g/mol. The van der Waals surface area contributed by atoms with E-state index in [1.165, 1.54) is 125 Å². The number of fused-ring (bicyclic) bond motifs is 14. The van der Waals surface area contributed by atoms with Crippen LogP contribution in [0.3, 0.4) is 0 Å². The molecule has 0 saturated heterocycles. The summed E-state index contributed by atoms with van der Waals surface area (Å²) in [5.74, 6) is 0. The van der Waals surface area contributed by atoms with Gasteiger partial charge in [-0.1, -0.05) is 166 Å². The Bertz CT molecular complexity index is 3770. The van der Waals surface area contributed by atoms with Gasteiger partial charge in [0.25, 0.3) is 0 Å². The maximum Gasteiger partial charge on any atom is 0.197 e. The van der Waals surface area contributed by atoms with E-state index < -0.39 is 0 Å². The minimum Gasteiger partial charge on any atom is -0.355 e. The molecule has 2 aliphatic carbocycles. The lowest BCUT2D eigenvalue weighted by atomic mass is 9.59. The lowest BCUT2D eigenvalue weighted by Gasteiger charge is -2.27. The number of aromatic nitrogens is 1. The first-order valence-corrected chi connectivity index (χ1v) is 24.6. The molecule has 8 aromatic carbocycles. The maximum absolute atomic E-state index is 4.03. The fourth-order valence-corrected chi connectivity index (χ4v) is 13.1. The summed E-state index contributed by atoms with van der Waals surface area (Å²) in [5, 5.41) is 9.28. The maximum atomic E-state index is 4.03. The average molecular weight is 870 g/mol. The van der Waals surface area contributed by atoms with Crippen LogP contribution < -0.4 is 16.2 Å². The van der Waals surface area contributed by atoms with E-state index in [2.05, 4.69) is 226 Å². The van der Waals surface area contributed by atoms with Crippen LogP contribution in [-0.4, -0.2) is 11.8 Å². The summed E-state index contributed by atoms with van der Waals surface area (Å²) < 4.78 is 5.27. The highest BCUT2D eigenvalue weighted by atomic mass is 32.1. The fraction of sp³-hybridized carbons (Fsp3) is 0.226. The van der Waals surface area contributed by atoms with E-state index in [4.69, 9.17) is 0 Å². The van der Waals surface area contributed by atoms with E-state index in [1.807, 2.05) is 11.3 Å². The molecule has 1 N–H and O–H groups in total. The number of benzene rings is 8. The van der Waals surface area contributed by atoms with Crippen LogP contribution in [0, 0.1) is 0 Å². The number of anilines is 2. The van der Waals surface area contributed by atoms with Crippen molar-refractivity contribution in [3.63, 3.8) is 0 Å². The Morgan fingerprint density at radius 3 is 1.92 bits per heavy atom. The van der Waals surface area contributed by atoms with E-state index in [-0.39, 0.29) is 21.7 Å². The molecule has 0 unspecified atom stereocenters. The number of hydrogen-bond donors (Lipinski definition) is 1. The van der Waals surface area contributed by atoms with Crippen LogP contribution in [-0.2, 0) is 21.7 Å². The second-order valence-corrected chi connectivity index (χ2v) is 23.6. The average Bonchev–Trinajstić information content (AvgIpc) is 3.95. The highest BCUT2D eigenvalue weighted by Crippen LogP contribution is 2.54. The summed E-state index contributed by atoms with van der Waals surface area (Å²) in [5.41, 5.74) is 24.5. The number of rotatable bonds is 3. The van der Waals surface area contributed by atoms with E-state index >= 15 is 0 Å². The van der Waals surface area contributed by atoms with Crippen molar-refractivity contribution in [3.8, 4) is 39.1 Å². The van der Waals surface area contributed by atoms with Gasteiger partial charge in [-0.2, -0.15) is 0 Å². The van der Waals surface area contributed by atoms with Gasteiger partial charge >= 0.3 is 0 Å². The largest absolute Gasteiger partial charge is 0.355 e. The molecule has 0 spiro atoms. The summed E-state index contributed by atoms with van der Waals surface area (Å²) in [6.07, 6.45) is 0. The first-order valence-electron chi connectivity index (χ1n) is 23.7. The summed E-state index contributed by atoms with van der Waals surface area (Å²) in [4.78, 5) is 0. The topological polar surface area (TPSA) is 17.0 Å². The third-order valence-electron chi connectivity index (χ3n) is 15.7. The Kier molecular flexibility index (Phi) is 7.97. The molecule has 1 aliphatic heterocycles. The van der Waals surface area contributed by atoms with Gasteiger partial charge in [0.05, 0.1) is 5.52 Å². The Hall–Kier alpha value is -6.36. The molecule has 0 amide bonds. The summed E-state index contributed by atoms with van der Waals surface area (Å²) in [7, 11) is 2.51. The van der Waals surface area contributed by atoms with Crippen LogP contribution in [0.15, 0.2) is 140 Å². The normalized spacial score (nSPS) is 15.2. The fourth-order valence-electron chi connectivity index (χ4n) is 12.0. The molecule has 3 aliphatic rings. The zero-order valence-corrected chi connectivity index (χ0v) is 40.5. The lowest BCUT2D eigenvalue weighted by molar-refractivity contribution is 0.584. The van der Waals surface area contributed by atoms with Crippen molar-refractivity contribution in [1.82, 2.24) is 4.57 Å². The van der Waals surface area contributed by atoms with Crippen LogP contribution in [0.1, 0.15) is 103 Å². The highest BCUT2D eigenvalue weighted by Gasteiger charge is 2.39. The van der Waals surface area contributed by atoms with Crippen LogP contribution in [0.25, 0.3) is 81.0 Å². The van der Waals surface area contributed by atoms with Crippen molar-refractivity contribution in [2.24, 2.45) is 0 Å². The first kappa shape index (κ1) is 40.0. The van der Waals surface area contributed by atoms with Crippen molar-refractivity contribution in [1.29, 1.82) is 0 Å². The number of hydrogen-bond acceptors (Lipinski definition) is 2. The molecule has 10 aromatic rings. The van der Waals surface area contributed by atoms with E-state index in [9.17, 15) is 0 Å². The van der Waals surface area contributed by atoms with Gasteiger partial charge in [0.2, 0.25) is 0 Å². The lowest BCUT2D eigenvalue weighted by Crippen LogP contribution is -2.37. The Morgan fingerprint density at radius 1 is 0.485 bits per heavy atom. The zero-order valence-electron chi connectivity index (χ0n) is 39.7. The van der Waals surface area contributed by atoms with Gasteiger partial charge in [-0.15, -0.1) is 11.3 Å². The van der Waals surface area contributed by atoms with Crippen molar-refractivity contribution >= 4 is 82.9 Å². The highest BCUT2D eigenvalue weighted by molar-refractivity contribution is 7.25. The van der Waals surface area contributed by atoms with E-state index in [0.717, 1.165) is 11.4 Å². The molecule has 2 aromatic heterocycles. The van der Waals surface area contributed by atoms with Gasteiger partial charge in [0, 0.05) is 64.5 Å². The van der Waals surface area contributed by atoms with Crippen LogP contribution >= 0.6 is 11.3 Å². The second kappa shape index (κ2) is 13.2. The van der Waals surface area contributed by atoms with Gasteiger partial charge in [0.15, 0.2) is 7.28 Å². The molecule has 1 radical (unpaired) electrons. The Labute approximate surface area is 393 Å². The van der Waals surface area contributed by atoms with Gasteiger partial charge in [-0.25, -0.2) is 0 Å². The molecule has 4 heteroatoms. The Morgan fingerprint density at radius 2 is 1.14 bits per heavy atom. The SMILES string of the molecule is CC(C)(C)c1ccc(Nc2cc3c(cc2-c2ccc4c5cc6c(cc5n5c4c2[B]c2cc4c(cc2-5)sc2ccccc24)-c2ccccc2C6(C)C)-c2ccc(C(C)(C)C)cc2C3(C)C)cc1. The molecule has 13 rings (SSSR count). The predicted octanol–water partition coefficient (Wildman–Crippen LogP) is 15.7. The quantitative estimate of drug-likeness (QED) is 0.175. The molecule has 0 saturated carbocycles. The summed E-state index contributed by atoms with van der Waals surface area (Å²) in [6, 6.07) is 54.1. The van der Waals surface area contributed by atoms with Crippen molar-refractivity contribution in [2.75, 3.05) is 5.32 Å². The molecule has 0 bridgehead atoms. The minimum atomic E-state index is -0.172. The van der Waals surface area contributed by atoms with Crippen LogP contribution in [0.2, 0.25) is 0 Å². The van der Waals surface area contributed by atoms with E-state index in [0.29, 0.717) is 0 Å². The molecule has 66 heavy (non-hydrogen) atoms. The molecule has 321 valence electrons. The third kappa shape index (κ3) is 5.48. The summed E-state index contributed by atoms with van der Waals surface area (Å²) in [6.45, 7) is 23.4. The van der Waals surface area contributed by atoms with Gasteiger partial charge in [0.1, 0.15) is 0 Å². The second-order valence-electron chi connectivity index (χ2n) is 22.5. The monoisotopic (exact) mass is 869 g/mol. The zero-order chi connectivity index (χ0) is 45.4. The standard InChI is InChI=1S/C62H54BN2S/c1-59(2,3)34-19-22-36(23-20-34)64-52-32-50-42(38-24-21-35(60(4,5)6)27-48(38)62(50,9)10)28-44(52)40-25-26-41-45-29-49-43(37-15-11-13-17-47(37)61(49,7)8)31-53(45)65-54-33-56-46(30-51(54)63-57(40)58(41)65)39-16-12-14-18-55(39)66-56/h11-33,64H,1-10H3. The third-order valence-corrected chi connectivity index (χ3v) is 16.9. The molecule has 0 fully saturated rings. The van der Waals surface area contributed by atoms with Crippen molar-refractivity contribution < 1.29 is 0 Å². The first-order chi connectivity index (χ1) is 31.5. The minimum absolute atomic E-state index is 0.0554. The van der Waals surface area contributed by atoms with Crippen molar-refractivity contribution in [2.45, 2.75) is 90.9 Å². The van der Waals surface area contributed by atoms with Crippen LogP contribution in [0.4, 0.5) is 11.4 Å². The van der Waals surface area contributed by atoms with Gasteiger partial charge in [-0.05, 0) is 131 Å². The number of nitrogens with one attached hydrogen (secondary N) is 1. The smallest absolute Gasteiger partial charge is 0.197 e. The van der Waals surface area contributed by atoms with Crippen LogP contribution in [0.5, 0.6) is 0 Å². The molecular formula is C62H54BN2S. The molecule has 3 heterocycles. The van der Waals surface area contributed by atoms with E-state index in [1.54, 1.807) is 0 Å². The molecule has 0 atom stereocenters. The number of thiophene rings is 1. The van der Waals surface area contributed by atoms with Crippen molar-refractivity contribution in [3.05, 3.63) is 173 Å². The number of nitrogens with zero attached hydrogens (tertiary/aromatic N) is 1. The van der Waals surface area contributed by atoms with Gasteiger partial charge < -0.3 is 9.88 Å². The Balaban J connectivity index is 1.10. The molecule has 2 nitrogen and oxygen atoms in total.